The number of aromatic nitrogens is 4. The van der Waals surface area contributed by atoms with Crippen LogP contribution in [0.15, 0.2) is 71.6 Å². The van der Waals surface area contributed by atoms with Crippen LogP contribution in [0.3, 0.4) is 0 Å². The number of hydrogen-bond donors (Lipinski definition) is 4. The number of carbonyl (C=O) groups excluding carboxylic acids is 1. The number of nitrogens with one attached hydrogen (secondary N) is 4. The zero-order valence-corrected chi connectivity index (χ0v) is 24.6. The van der Waals surface area contributed by atoms with Gasteiger partial charge in [0.05, 0.1) is 17.3 Å². The summed E-state index contributed by atoms with van der Waals surface area (Å²) in [5, 5.41) is 15.5. The molecular formula is C30H30Cl2N6OS. The highest BCUT2D eigenvalue weighted by Crippen LogP contribution is 2.31. The summed E-state index contributed by atoms with van der Waals surface area (Å²) < 4.78 is 0. The number of carbonyl (C=O) groups is 1. The Hall–Kier alpha value is -3.46. The maximum Gasteiger partial charge on any atom is 0.315 e. The molecule has 2 heterocycles. The van der Waals surface area contributed by atoms with Crippen molar-refractivity contribution in [1.82, 2.24) is 30.8 Å². The number of aryl methyl sites for hydroxylation is 1. The third-order valence-electron chi connectivity index (χ3n) is 6.55. The summed E-state index contributed by atoms with van der Waals surface area (Å²) in [4.78, 5) is 22.3. The third-order valence-corrected chi connectivity index (χ3v) is 8.38. The highest BCUT2D eigenvalue weighted by atomic mass is 35.5. The Morgan fingerprint density at radius 1 is 1.07 bits per heavy atom. The number of rotatable bonds is 10. The van der Waals surface area contributed by atoms with E-state index < -0.39 is 6.04 Å². The lowest BCUT2D eigenvalue weighted by Crippen LogP contribution is -2.38. The normalized spacial score (nSPS) is 12.0. The number of H-pyrrole nitrogens is 2. The summed E-state index contributed by atoms with van der Waals surface area (Å²) in [7, 11) is 0. The van der Waals surface area contributed by atoms with E-state index in [0.29, 0.717) is 34.7 Å². The van der Waals surface area contributed by atoms with Gasteiger partial charge in [-0.2, -0.15) is 5.10 Å². The van der Waals surface area contributed by atoms with Crippen molar-refractivity contribution in [3.63, 3.8) is 0 Å². The fraction of sp³-hybridized carbons (Fsp3) is 0.233. The van der Waals surface area contributed by atoms with Crippen molar-refractivity contribution in [3.8, 4) is 11.3 Å². The molecule has 0 unspecified atom stereocenters. The highest BCUT2D eigenvalue weighted by molar-refractivity contribution is 7.99. The van der Waals surface area contributed by atoms with Crippen molar-refractivity contribution in [2.75, 3.05) is 5.75 Å². The fourth-order valence-electron chi connectivity index (χ4n) is 4.52. The summed E-state index contributed by atoms with van der Waals surface area (Å²) >= 11 is 14.7. The van der Waals surface area contributed by atoms with Crippen molar-refractivity contribution in [3.05, 3.63) is 99.6 Å². The molecule has 2 amide bonds. The first-order valence-corrected chi connectivity index (χ1v) is 14.9. The molecule has 1 atom stereocenters. The Kier molecular flexibility index (Phi) is 8.99. The molecule has 0 bridgehead atoms. The largest absolute Gasteiger partial charge is 0.334 e. The maximum atomic E-state index is 13.2. The highest BCUT2D eigenvalue weighted by Gasteiger charge is 2.22. The molecule has 5 rings (SSSR count). The molecular weight excluding hydrogens is 563 g/mol. The number of urea groups is 1. The van der Waals surface area contributed by atoms with E-state index in [4.69, 9.17) is 28.2 Å². The van der Waals surface area contributed by atoms with E-state index in [-0.39, 0.29) is 6.03 Å². The minimum absolute atomic E-state index is 0.309. The van der Waals surface area contributed by atoms with Gasteiger partial charge in [0.1, 0.15) is 16.7 Å². The summed E-state index contributed by atoms with van der Waals surface area (Å²) in [6.07, 6.45) is 1.59. The number of benzene rings is 3. The smallest absolute Gasteiger partial charge is 0.315 e. The number of halogens is 2. The molecule has 2 aromatic heterocycles. The van der Waals surface area contributed by atoms with E-state index in [1.54, 1.807) is 11.8 Å². The first kappa shape index (κ1) is 28.1. The monoisotopic (exact) mass is 592 g/mol. The van der Waals surface area contributed by atoms with Crippen molar-refractivity contribution in [2.45, 2.75) is 44.2 Å². The van der Waals surface area contributed by atoms with Crippen LogP contribution in [0.5, 0.6) is 0 Å². The number of fused-ring (bicyclic) bond motifs is 1. The Labute approximate surface area is 247 Å². The second kappa shape index (κ2) is 12.8. The minimum Gasteiger partial charge on any atom is -0.334 e. The maximum absolute atomic E-state index is 13.2. The number of imidazole rings is 1. The molecule has 10 heteroatoms. The van der Waals surface area contributed by atoms with Gasteiger partial charge >= 0.3 is 6.03 Å². The zero-order chi connectivity index (χ0) is 28.1. The summed E-state index contributed by atoms with van der Waals surface area (Å²) in [6, 6.07) is 20.9. The average molecular weight is 594 g/mol. The SMILES string of the molecule is CCCSc1ccc(Cl)cc1CNC(=O)N[C@@H](Cc1ccccc1)c1nc(-c2ccc3c(C)n[nH]c3c2)c(Cl)[nH]1. The molecule has 0 aliphatic rings. The number of thioether (sulfide) groups is 1. The molecule has 0 aliphatic carbocycles. The molecule has 5 aromatic rings. The number of nitrogens with zero attached hydrogens (tertiary/aromatic N) is 2. The summed E-state index contributed by atoms with van der Waals surface area (Å²) in [6.45, 7) is 4.45. The Bertz CT molecular complexity index is 1620. The van der Waals surface area contributed by atoms with Crippen LogP contribution in [0.4, 0.5) is 4.79 Å². The standard InChI is InChI=1S/C30H30Cl2N6OS/c1-3-13-40-26-12-10-22(31)15-21(26)17-33-30(39)34-25(14-19-7-5-4-6-8-19)29-35-27(28(32)36-29)20-9-11-23-18(2)37-38-24(23)16-20/h4-12,15-16,25H,3,13-14,17H2,1-2H3,(H,35,36)(H,37,38)(H2,33,34,39)/t25-/m0/s1. The lowest BCUT2D eigenvalue weighted by Gasteiger charge is -2.18. The lowest BCUT2D eigenvalue weighted by molar-refractivity contribution is 0.236. The Balaban J connectivity index is 1.37. The third kappa shape index (κ3) is 6.63. The van der Waals surface area contributed by atoms with Gasteiger partial charge in [0.25, 0.3) is 0 Å². The lowest BCUT2D eigenvalue weighted by atomic mass is 10.1. The van der Waals surface area contributed by atoms with Crippen LogP contribution in [0.2, 0.25) is 10.2 Å². The first-order chi connectivity index (χ1) is 19.4. The quantitative estimate of drug-likeness (QED) is 0.124. The van der Waals surface area contributed by atoms with Crippen LogP contribution in [-0.4, -0.2) is 31.9 Å². The van der Waals surface area contributed by atoms with Crippen LogP contribution in [-0.2, 0) is 13.0 Å². The van der Waals surface area contributed by atoms with Gasteiger partial charge in [0, 0.05) is 27.4 Å². The van der Waals surface area contributed by atoms with E-state index in [1.165, 1.54) is 0 Å². The summed E-state index contributed by atoms with van der Waals surface area (Å²) in [5.41, 5.74) is 5.35. The van der Waals surface area contributed by atoms with Gasteiger partial charge in [-0.15, -0.1) is 11.8 Å². The zero-order valence-electron chi connectivity index (χ0n) is 22.2. The average Bonchev–Trinajstić information content (AvgIpc) is 3.53. The number of aromatic amines is 2. The van der Waals surface area contributed by atoms with Gasteiger partial charge in [-0.25, -0.2) is 9.78 Å². The molecule has 0 spiro atoms. The minimum atomic E-state index is -0.444. The first-order valence-electron chi connectivity index (χ1n) is 13.1. The number of hydrogen-bond acceptors (Lipinski definition) is 4. The van der Waals surface area contributed by atoms with Crippen LogP contribution in [0, 0.1) is 6.92 Å². The molecule has 0 aliphatic heterocycles. The van der Waals surface area contributed by atoms with Crippen LogP contribution >= 0.6 is 35.0 Å². The van der Waals surface area contributed by atoms with Gasteiger partial charge in [-0.1, -0.05) is 72.6 Å². The van der Waals surface area contributed by atoms with Gasteiger partial charge in [0.15, 0.2) is 0 Å². The molecule has 0 saturated carbocycles. The topological polar surface area (TPSA) is 98.5 Å². The Morgan fingerprint density at radius 3 is 2.70 bits per heavy atom. The molecule has 7 nitrogen and oxygen atoms in total. The van der Waals surface area contributed by atoms with Crippen molar-refractivity contribution >= 4 is 51.9 Å². The number of amides is 2. The van der Waals surface area contributed by atoms with E-state index in [0.717, 1.165) is 50.4 Å². The molecule has 0 saturated heterocycles. The molecule has 206 valence electrons. The van der Waals surface area contributed by atoms with Gasteiger partial charge in [-0.3, -0.25) is 5.10 Å². The predicted molar refractivity (Wildman–Crippen MR) is 164 cm³/mol. The van der Waals surface area contributed by atoms with Gasteiger partial charge in [0.2, 0.25) is 0 Å². The van der Waals surface area contributed by atoms with Crippen molar-refractivity contribution in [1.29, 1.82) is 0 Å². The molecule has 0 radical (unpaired) electrons. The second-order valence-corrected chi connectivity index (χ2v) is 11.5. The molecule has 40 heavy (non-hydrogen) atoms. The predicted octanol–water partition coefficient (Wildman–Crippen LogP) is 7.85. The fourth-order valence-corrected chi connectivity index (χ4v) is 5.87. The van der Waals surface area contributed by atoms with Crippen LogP contribution in [0.25, 0.3) is 22.2 Å². The van der Waals surface area contributed by atoms with E-state index in [2.05, 4.69) is 32.7 Å². The Morgan fingerprint density at radius 2 is 1.90 bits per heavy atom. The van der Waals surface area contributed by atoms with Gasteiger partial charge < -0.3 is 15.6 Å². The molecule has 4 N–H and O–H groups in total. The van der Waals surface area contributed by atoms with E-state index in [1.807, 2.05) is 73.7 Å². The van der Waals surface area contributed by atoms with Crippen LogP contribution < -0.4 is 10.6 Å². The molecule has 0 fully saturated rings. The second-order valence-electron chi connectivity index (χ2n) is 9.52. The van der Waals surface area contributed by atoms with Crippen molar-refractivity contribution < 1.29 is 4.79 Å². The molecule has 3 aromatic carbocycles. The van der Waals surface area contributed by atoms with E-state index >= 15 is 0 Å². The van der Waals surface area contributed by atoms with Crippen LogP contribution in [0.1, 0.15) is 42.0 Å². The van der Waals surface area contributed by atoms with E-state index in [9.17, 15) is 4.79 Å². The van der Waals surface area contributed by atoms with Gasteiger partial charge in [-0.05, 0) is 60.9 Å². The summed E-state index contributed by atoms with van der Waals surface area (Å²) in [5.74, 6) is 1.57. The van der Waals surface area contributed by atoms with Crippen molar-refractivity contribution in [2.24, 2.45) is 0 Å².